The third-order valence-corrected chi connectivity index (χ3v) is 4.40. The van der Waals surface area contributed by atoms with Gasteiger partial charge in [-0.15, -0.1) is 0 Å². The Morgan fingerprint density at radius 1 is 1.18 bits per heavy atom. The zero-order valence-corrected chi connectivity index (χ0v) is 12.5. The Kier molecular flexibility index (Phi) is 2.63. The Labute approximate surface area is 127 Å². The van der Waals surface area contributed by atoms with Gasteiger partial charge in [0.2, 0.25) is 0 Å². The lowest BCUT2D eigenvalue weighted by Gasteiger charge is -2.28. The molecule has 2 aliphatic heterocycles. The number of benzene rings is 1. The Balaban J connectivity index is 1.74. The highest BCUT2D eigenvalue weighted by molar-refractivity contribution is 6.21. The first-order valence-corrected chi connectivity index (χ1v) is 7.28. The van der Waals surface area contributed by atoms with E-state index in [2.05, 4.69) is 5.10 Å². The molecule has 3 amide bonds. The molecule has 1 atom stereocenters. The maximum Gasteiger partial charge on any atom is 0.333 e. The molecule has 112 valence electrons. The van der Waals surface area contributed by atoms with Crippen LogP contribution in [0.3, 0.4) is 0 Å². The molecule has 1 fully saturated rings. The van der Waals surface area contributed by atoms with Crippen LogP contribution in [0.5, 0.6) is 0 Å². The topological polar surface area (TPSA) is 58.4 Å². The third-order valence-electron chi connectivity index (χ3n) is 4.40. The van der Waals surface area contributed by atoms with Crippen LogP contribution in [0.2, 0.25) is 0 Å². The summed E-state index contributed by atoms with van der Waals surface area (Å²) in [4.78, 5) is 28.4. The molecule has 6 nitrogen and oxygen atoms in total. The molecule has 2 aliphatic rings. The molecule has 0 bridgehead atoms. The summed E-state index contributed by atoms with van der Waals surface area (Å²) in [6.45, 7) is 2.33. The molecular weight excluding hydrogens is 280 g/mol. The number of carbonyl (C=O) groups excluding carboxylic acids is 2. The van der Waals surface area contributed by atoms with Crippen molar-refractivity contribution in [2.75, 3.05) is 4.90 Å². The summed E-state index contributed by atoms with van der Waals surface area (Å²) in [5.41, 5.74) is 3.04. The van der Waals surface area contributed by atoms with Crippen LogP contribution < -0.4 is 4.90 Å². The van der Waals surface area contributed by atoms with E-state index in [1.54, 1.807) is 22.7 Å². The molecule has 0 aliphatic carbocycles. The van der Waals surface area contributed by atoms with Gasteiger partial charge >= 0.3 is 6.03 Å². The number of amides is 3. The SMILES string of the molecule is Cc1cc(N2C(=O)[C@@H]3Cc4ccccc4CN3C2=O)n(C)n1. The second-order valence-corrected chi connectivity index (χ2v) is 5.84. The highest BCUT2D eigenvalue weighted by atomic mass is 16.2. The normalized spacial score (nSPS) is 20.4. The molecule has 0 saturated carbocycles. The van der Waals surface area contributed by atoms with Crippen molar-refractivity contribution >= 4 is 17.8 Å². The van der Waals surface area contributed by atoms with Gasteiger partial charge in [0, 0.05) is 26.1 Å². The standard InChI is InChI=1S/C16H16N4O2/c1-10-7-14(18(2)17-10)20-15(21)13-8-11-5-3-4-6-12(11)9-19(13)16(20)22/h3-7,13H,8-9H2,1-2H3/t13-/m0/s1. The Morgan fingerprint density at radius 3 is 2.59 bits per heavy atom. The molecular formula is C16H16N4O2. The molecule has 1 aromatic heterocycles. The number of nitrogens with zero attached hydrogens (tertiary/aromatic N) is 4. The minimum atomic E-state index is -0.405. The minimum Gasteiger partial charge on any atom is -0.307 e. The fourth-order valence-corrected chi connectivity index (χ4v) is 3.33. The van der Waals surface area contributed by atoms with Crippen LogP contribution in [0.4, 0.5) is 10.6 Å². The molecule has 1 saturated heterocycles. The van der Waals surface area contributed by atoms with Crippen LogP contribution in [0, 0.1) is 6.92 Å². The van der Waals surface area contributed by atoms with E-state index in [0.29, 0.717) is 18.8 Å². The first-order chi connectivity index (χ1) is 10.6. The van der Waals surface area contributed by atoms with E-state index < -0.39 is 6.04 Å². The summed E-state index contributed by atoms with van der Waals surface area (Å²) in [5.74, 6) is 0.369. The van der Waals surface area contributed by atoms with E-state index in [4.69, 9.17) is 0 Å². The smallest absolute Gasteiger partial charge is 0.307 e. The van der Waals surface area contributed by atoms with Crippen molar-refractivity contribution in [3.8, 4) is 0 Å². The molecule has 0 unspecified atom stereocenters. The first kappa shape index (κ1) is 13.1. The van der Waals surface area contributed by atoms with Crippen LogP contribution in [0.15, 0.2) is 30.3 Å². The average Bonchev–Trinajstić information content (AvgIpc) is 2.95. The average molecular weight is 296 g/mol. The van der Waals surface area contributed by atoms with Crippen LogP contribution in [-0.2, 0) is 24.8 Å². The monoisotopic (exact) mass is 296 g/mol. The highest BCUT2D eigenvalue weighted by Crippen LogP contribution is 2.32. The lowest BCUT2D eigenvalue weighted by Crippen LogP contribution is -2.39. The van der Waals surface area contributed by atoms with Crippen molar-refractivity contribution in [1.82, 2.24) is 14.7 Å². The highest BCUT2D eigenvalue weighted by Gasteiger charge is 2.48. The van der Waals surface area contributed by atoms with Crippen LogP contribution >= 0.6 is 0 Å². The van der Waals surface area contributed by atoms with Crippen LogP contribution in [0.25, 0.3) is 0 Å². The van der Waals surface area contributed by atoms with E-state index in [9.17, 15) is 9.59 Å². The number of hydrogen-bond donors (Lipinski definition) is 0. The lowest BCUT2D eigenvalue weighted by atomic mass is 9.95. The second-order valence-electron chi connectivity index (χ2n) is 5.84. The molecule has 2 aromatic rings. The zero-order chi connectivity index (χ0) is 15.4. The quantitative estimate of drug-likeness (QED) is 0.751. The van der Waals surface area contributed by atoms with Crippen molar-refractivity contribution in [2.45, 2.75) is 25.9 Å². The van der Waals surface area contributed by atoms with Crippen molar-refractivity contribution in [3.05, 3.63) is 47.2 Å². The van der Waals surface area contributed by atoms with Gasteiger partial charge in [0.25, 0.3) is 5.91 Å². The number of urea groups is 1. The van der Waals surface area contributed by atoms with Gasteiger partial charge in [-0.2, -0.15) is 5.10 Å². The number of aromatic nitrogens is 2. The summed E-state index contributed by atoms with van der Waals surface area (Å²) in [5, 5.41) is 4.23. The number of aryl methyl sites for hydroxylation is 2. The zero-order valence-electron chi connectivity index (χ0n) is 12.5. The predicted molar refractivity (Wildman–Crippen MR) is 80.3 cm³/mol. The second kappa shape index (κ2) is 4.43. The molecule has 6 heteroatoms. The van der Waals surface area contributed by atoms with Gasteiger partial charge in [-0.1, -0.05) is 24.3 Å². The molecule has 0 radical (unpaired) electrons. The Bertz CT molecular complexity index is 752. The maximum atomic E-state index is 12.7. The number of imide groups is 1. The minimum absolute atomic E-state index is 0.164. The molecule has 22 heavy (non-hydrogen) atoms. The van der Waals surface area contributed by atoms with E-state index in [1.165, 1.54) is 4.90 Å². The fourth-order valence-electron chi connectivity index (χ4n) is 3.33. The van der Waals surface area contributed by atoms with Crippen molar-refractivity contribution in [2.24, 2.45) is 7.05 Å². The predicted octanol–water partition coefficient (Wildman–Crippen LogP) is 1.62. The first-order valence-electron chi connectivity index (χ1n) is 7.28. The molecule has 4 rings (SSSR count). The van der Waals surface area contributed by atoms with Crippen molar-refractivity contribution in [1.29, 1.82) is 0 Å². The van der Waals surface area contributed by atoms with Gasteiger partial charge in [0.1, 0.15) is 11.9 Å². The number of anilines is 1. The molecule has 0 spiro atoms. The molecule has 0 N–H and O–H groups in total. The maximum absolute atomic E-state index is 12.7. The van der Waals surface area contributed by atoms with Gasteiger partial charge in [-0.05, 0) is 18.1 Å². The summed E-state index contributed by atoms with van der Waals surface area (Å²) in [6.07, 6.45) is 0.577. The van der Waals surface area contributed by atoms with Gasteiger partial charge in [-0.25, -0.2) is 9.69 Å². The largest absolute Gasteiger partial charge is 0.333 e. The number of carbonyl (C=O) groups is 2. The van der Waals surface area contributed by atoms with Crippen LogP contribution in [0.1, 0.15) is 16.8 Å². The Hall–Kier alpha value is -2.63. The lowest BCUT2D eigenvalue weighted by molar-refractivity contribution is -0.120. The third kappa shape index (κ3) is 1.70. The summed E-state index contributed by atoms with van der Waals surface area (Å²) < 4.78 is 1.58. The van der Waals surface area contributed by atoms with Gasteiger partial charge in [0.15, 0.2) is 0 Å². The fraction of sp³-hybridized carbons (Fsp3) is 0.312. The van der Waals surface area contributed by atoms with Gasteiger partial charge in [0.05, 0.1) is 5.69 Å². The summed E-state index contributed by atoms with van der Waals surface area (Å²) in [7, 11) is 1.74. The Morgan fingerprint density at radius 2 is 1.91 bits per heavy atom. The van der Waals surface area contributed by atoms with Crippen molar-refractivity contribution < 1.29 is 9.59 Å². The van der Waals surface area contributed by atoms with Gasteiger partial charge < -0.3 is 4.90 Å². The van der Waals surface area contributed by atoms with Crippen LogP contribution in [-0.4, -0.2) is 32.7 Å². The van der Waals surface area contributed by atoms with Gasteiger partial charge in [-0.3, -0.25) is 9.48 Å². The summed E-state index contributed by atoms with van der Waals surface area (Å²) >= 11 is 0. The number of rotatable bonds is 1. The molecule has 3 heterocycles. The number of hydrogen-bond acceptors (Lipinski definition) is 3. The van der Waals surface area contributed by atoms with E-state index in [0.717, 1.165) is 16.8 Å². The molecule has 1 aromatic carbocycles. The van der Waals surface area contributed by atoms with E-state index >= 15 is 0 Å². The summed E-state index contributed by atoms with van der Waals surface area (Å²) in [6, 6.07) is 9.08. The number of fused-ring (bicyclic) bond motifs is 2. The van der Waals surface area contributed by atoms with E-state index in [-0.39, 0.29) is 11.9 Å². The van der Waals surface area contributed by atoms with Crippen molar-refractivity contribution in [3.63, 3.8) is 0 Å². The van der Waals surface area contributed by atoms with E-state index in [1.807, 2.05) is 31.2 Å².